The minimum atomic E-state index is -0.157. The molecule has 0 unspecified atom stereocenters. The van der Waals surface area contributed by atoms with E-state index in [1.165, 1.54) is 0 Å². The highest BCUT2D eigenvalue weighted by molar-refractivity contribution is 5.85. The summed E-state index contributed by atoms with van der Waals surface area (Å²) in [4.78, 5) is 0. The van der Waals surface area contributed by atoms with E-state index >= 15 is 0 Å². The zero-order chi connectivity index (χ0) is 15.2. The smallest absolute Gasteiger partial charge is 0.164 e. The topological polar surface area (TPSA) is 53.7 Å². The van der Waals surface area contributed by atoms with Crippen LogP contribution in [0.2, 0.25) is 0 Å². The highest BCUT2D eigenvalue weighted by atomic mass is 35.5. The Morgan fingerprint density at radius 3 is 2.09 bits per heavy atom. The Morgan fingerprint density at radius 1 is 0.955 bits per heavy atom. The summed E-state index contributed by atoms with van der Waals surface area (Å²) in [5, 5.41) is 0. The highest BCUT2D eigenvalue weighted by Gasteiger charge is 2.15. The molecule has 120 valence electrons. The van der Waals surface area contributed by atoms with E-state index in [1.54, 1.807) is 14.2 Å². The molecule has 2 aromatic rings. The fourth-order valence-electron chi connectivity index (χ4n) is 2.09. The van der Waals surface area contributed by atoms with E-state index in [0.717, 1.165) is 11.1 Å². The number of ether oxygens (including phenoxy) is 3. The summed E-state index contributed by atoms with van der Waals surface area (Å²) in [5.74, 6) is 1.99. The van der Waals surface area contributed by atoms with Crippen LogP contribution in [-0.4, -0.2) is 14.2 Å². The zero-order valence-corrected chi connectivity index (χ0v) is 13.9. The van der Waals surface area contributed by atoms with Crippen LogP contribution in [-0.2, 0) is 6.61 Å². The number of rotatable bonds is 6. The number of benzene rings is 2. The molecule has 0 fully saturated rings. The van der Waals surface area contributed by atoms with E-state index < -0.39 is 0 Å². The molecular weight excluding hydrogens is 302 g/mol. The van der Waals surface area contributed by atoms with Crippen LogP contribution in [0.15, 0.2) is 42.5 Å². The number of hydrogen-bond donors (Lipinski definition) is 1. The van der Waals surface area contributed by atoms with Crippen molar-refractivity contribution in [1.82, 2.24) is 0 Å². The van der Waals surface area contributed by atoms with Crippen LogP contribution in [0.3, 0.4) is 0 Å². The minimum absolute atomic E-state index is 0. The van der Waals surface area contributed by atoms with Gasteiger partial charge in [-0.25, -0.2) is 0 Å². The lowest BCUT2D eigenvalue weighted by Gasteiger charge is -2.17. The Balaban J connectivity index is 0.00000242. The molecule has 0 spiro atoms. The maximum Gasteiger partial charge on any atom is 0.164 e. The first-order valence-corrected chi connectivity index (χ1v) is 6.84. The lowest BCUT2D eigenvalue weighted by atomic mass is 10.1. The fraction of sp³-hybridized carbons (Fsp3) is 0.294. The Morgan fingerprint density at radius 2 is 1.55 bits per heavy atom. The van der Waals surface area contributed by atoms with Crippen molar-refractivity contribution in [3.05, 3.63) is 53.6 Å². The molecule has 2 rings (SSSR count). The van der Waals surface area contributed by atoms with Gasteiger partial charge in [-0.3, -0.25) is 0 Å². The largest absolute Gasteiger partial charge is 0.493 e. The molecule has 0 heterocycles. The van der Waals surface area contributed by atoms with Crippen LogP contribution >= 0.6 is 12.4 Å². The molecule has 2 aromatic carbocycles. The number of methoxy groups -OCH3 is 2. The molecule has 0 radical (unpaired) electrons. The summed E-state index contributed by atoms with van der Waals surface area (Å²) < 4.78 is 16.5. The molecule has 22 heavy (non-hydrogen) atoms. The maximum atomic E-state index is 6.02. The van der Waals surface area contributed by atoms with Gasteiger partial charge in [0.1, 0.15) is 12.4 Å². The van der Waals surface area contributed by atoms with E-state index in [-0.39, 0.29) is 18.4 Å². The Kier molecular flexibility index (Phi) is 7.02. The standard InChI is InChI=1S/C17H21NO3.ClH/c1-12(18)14-9-16(19-2)17(20-3)10-15(14)21-11-13-7-5-4-6-8-13;/h4-10,12H,11,18H2,1-3H3;1H/t12-;/m0./s1. The maximum absolute atomic E-state index is 6.02. The summed E-state index contributed by atoms with van der Waals surface area (Å²) in [6, 6.07) is 13.5. The van der Waals surface area contributed by atoms with Gasteiger partial charge in [0.05, 0.1) is 14.2 Å². The van der Waals surface area contributed by atoms with Crippen LogP contribution < -0.4 is 19.9 Å². The molecule has 1 atom stereocenters. The molecular formula is C17H22ClNO3. The van der Waals surface area contributed by atoms with Crippen molar-refractivity contribution >= 4 is 12.4 Å². The van der Waals surface area contributed by atoms with Gasteiger partial charge in [-0.1, -0.05) is 30.3 Å². The lowest BCUT2D eigenvalue weighted by molar-refractivity contribution is 0.295. The van der Waals surface area contributed by atoms with Crippen molar-refractivity contribution < 1.29 is 14.2 Å². The van der Waals surface area contributed by atoms with Gasteiger partial charge < -0.3 is 19.9 Å². The quantitative estimate of drug-likeness (QED) is 0.880. The van der Waals surface area contributed by atoms with Gasteiger partial charge in [-0.15, -0.1) is 12.4 Å². The first-order valence-electron chi connectivity index (χ1n) is 6.84. The Hall–Kier alpha value is -1.91. The van der Waals surface area contributed by atoms with Gasteiger partial charge in [-0.05, 0) is 18.6 Å². The first kappa shape index (κ1) is 18.1. The fourth-order valence-corrected chi connectivity index (χ4v) is 2.09. The zero-order valence-electron chi connectivity index (χ0n) is 13.0. The van der Waals surface area contributed by atoms with Gasteiger partial charge in [-0.2, -0.15) is 0 Å². The van der Waals surface area contributed by atoms with E-state index in [9.17, 15) is 0 Å². The van der Waals surface area contributed by atoms with Crippen LogP contribution in [0, 0.1) is 0 Å². The van der Waals surface area contributed by atoms with Crippen molar-refractivity contribution in [2.24, 2.45) is 5.73 Å². The average molecular weight is 324 g/mol. The van der Waals surface area contributed by atoms with Crippen molar-refractivity contribution in [1.29, 1.82) is 0 Å². The molecule has 0 saturated carbocycles. The van der Waals surface area contributed by atoms with Gasteiger partial charge >= 0.3 is 0 Å². The van der Waals surface area contributed by atoms with Crippen molar-refractivity contribution in [2.75, 3.05) is 14.2 Å². The third-order valence-electron chi connectivity index (χ3n) is 3.24. The Labute approximate surface area is 137 Å². The van der Waals surface area contributed by atoms with E-state index in [4.69, 9.17) is 19.9 Å². The molecule has 0 aromatic heterocycles. The van der Waals surface area contributed by atoms with Crippen LogP contribution in [0.25, 0.3) is 0 Å². The molecule has 0 bridgehead atoms. The number of halogens is 1. The van der Waals surface area contributed by atoms with Crippen molar-refractivity contribution in [2.45, 2.75) is 19.6 Å². The van der Waals surface area contributed by atoms with Crippen molar-refractivity contribution in [3.63, 3.8) is 0 Å². The summed E-state index contributed by atoms with van der Waals surface area (Å²) >= 11 is 0. The number of nitrogens with two attached hydrogens (primary N) is 1. The van der Waals surface area contributed by atoms with Crippen molar-refractivity contribution in [3.8, 4) is 17.2 Å². The van der Waals surface area contributed by atoms with Gasteiger partial charge in [0.15, 0.2) is 11.5 Å². The van der Waals surface area contributed by atoms with Gasteiger partial charge in [0.25, 0.3) is 0 Å². The molecule has 4 nitrogen and oxygen atoms in total. The average Bonchev–Trinajstić information content (AvgIpc) is 2.52. The summed E-state index contributed by atoms with van der Waals surface area (Å²) in [6.45, 7) is 2.40. The third-order valence-corrected chi connectivity index (χ3v) is 3.24. The predicted molar refractivity (Wildman–Crippen MR) is 90.2 cm³/mol. The van der Waals surface area contributed by atoms with Crippen LogP contribution in [0.5, 0.6) is 17.2 Å². The summed E-state index contributed by atoms with van der Waals surface area (Å²) in [7, 11) is 3.21. The van der Waals surface area contributed by atoms with Gasteiger partial charge in [0.2, 0.25) is 0 Å². The molecule has 0 saturated heterocycles. The Bertz CT molecular complexity index is 588. The molecule has 0 amide bonds. The molecule has 0 aliphatic rings. The minimum Gasteiger partial charge on any atom is -0.493 e. The molecule has 0 aliphatic heterocycles. The monoisotopic (exact) mass is 323 g/mol. The molecule has 0 aliphatic carbocycles. The SMILES string of the molecule is COc1cc(OCc2ccccc2)c([C@H](C)N)cc1OC.Cl. The summed E-state index contributed by atoms with van der Waals surface area (Å²) in [6.07, 6.45) is 0. The highest BCUT2D eigenvalue weighted by Crippen LogP contribution is 2.37. The summed E-state index contributed by atoms with van der Waals surface area (Å²) in [5.41, 5.74) is 8.01. The second kappa shape index (κ2) is 8.51. The van der Waals surface area contributed by atoms with E-state index in [2.05, 4.69) is 0 Å². The molecule has 2 N–H and O–H groups in total. The van der Waals surface area contributed by atoms with Gasteiger partial charge in [0, 0.05) is 17.7 Å². The van der Waals surface area contributed by atoms with Crippen LogP contribution in [0.1, 0.15) is 24.1 Å². The third kappa shape index (κ3) is 4.29. The lowest BCUT2D eigenvalue weighted by Crippen LogP contribution is -2.09. The second-order valence-electron chi connectivity index (χ2n) is 4.81. The second-order valence-corrected chi connectivity index (χ2v) is 4.81. The predicted octanol–water partition coefficient (Wildman–Crippen LogP) is 3.72. The first-order chi connectivity index (χ1) is 10.2. The van der Waals surface area contributed by atoms with E-state index in [1.807, 2.05) is 49.4 Å². The van der Waals surface area contributed by atoms with E-state index in [0.29, 0.717) is 23.9 Å². The van der Waals surface area contributed by atoms with Crippen LogP contribution in [0.4, 0.5) is 0 Å². The normalized spacial score (nSPS) is 11.3. The number of hydrogen-bond acceptors (Lipinski definition) is 4. The molecule has 5 heteroatoms.